The number of hydrogen-bond acceptors (Lipinski definition) is 6. The number of rotatable bonds is 11. The summed E-state index contributed by atoms with van der Waals surface area (Å²) in [5, 5.41) is 21.7. The van der Waals surface area contributed by atoms with Crippen LogP contribution in [0.2, 0.25) is 0 Å². The van der Waals surface area contributed by atoms with Gasteiger partial charge in [0.05, 0.1) is 5.56 Å². The standard InChI is InChI=1S/C22H25NO7/c1-14(2)10-18(22(27)28)23-21(26)13-30-16-8-9-17(19(24)11-16)20(25)12-29-15-6-4-3-5-7-15/h3-9,11,14,18,24H,10,12-13H2,1-2H3,(H,23,26)(H,27,28). The number of amides is 1. The number of carboxylic acid groups (broad SMARTS) is 1. The molecule has 8 heteroatoms. The number of phenolic OH excluding ortho intramolecular Hbond substituents is 1. The van der Waals surface area contributed by atoms with E-state index in [4.69, 9.17) is 14.6 Å². The largest absolute Gasteiger partial charge is 0.507 e. The molecule has 8 nitrogen and oxygen atoms in total. The molecule has 0 fully saturated rings. The van der Waals surface area contributed by atoms with E-state index < -0.39 is 30.3 Å². The van der Waals surface area contributed by atoms with Gasteiger partial charge in [0, 0.05) is 6.07 Å². The lowest BCUT2D eigenvalue weighted by Gasteiger charge is -2.16. The highest BCUT2D eigenvalue weighted by atomic mass is 16.5. The number of ketones is 1. The normalized spacial score (nSPS) is 11.6. The van der Waals surface area contributed by atoms with Gasteiger partial charge in [0.15, 0.2) is 13.2 Å². The van der Waals surface area contributed by atoms with Crippen molar-refractivity contribution < 1.29 is 34.1 Å². The van der Waals surface area contributed by atoms with Gasteiger partial charge in [-0.05, 0) is 36.6 Å². The fraction of sp³-hybridized carbons (Fsp3) is 0.318. The van der Waals surface area contributed by atoms with Crippen molar-refractivity contribution in [1.82, 2.24) is 5.32 Å². The van der Waals surface area contributed by atoms with Crippen LogP contribution in [0.3, 0.4) is 0 Å². The Morgan fingerprint density at radius 3 is 2.23 bits per heavy atom. The maximum absolute atomic E-state index is 12.2. The summed E-state index contributed by atoms with van der Waals surface area (Å²) in [6, 6.07) is 11.8. The van der Waals surface area contributed by atoms with E-state index in [1.165, 1.54) is 18.2 Å². The van der Waals surface area contributed by atoms with Gasteiger partial charge < -0.3 is 25.0 Å². The Labute approximate surface area is 174 Å². The molecule has 30 heavy (non-hydrogen) atoms. The van der Waals surface area contributed by atoms with Crippen LogP contribution in [-0.4, -0.2) is 47.1 Å². The number of benzene rings is 2. The monoisotopic (exact) mass is 415 g/mol. The number of para-hydroxylation sites is 1. The quantitative estimate of drug-likeness (QED) is 0.482. The molecule has 0 saturated carbocycles. The van der Waals surface area contributed by atoms with Crippen molar-refractivity contribution in [2.75, 3.05) is 13.2 Å². The minimum absolute atomic E-state index is 0.0607. The molecule has 0 heterocycles. The van der Waals surface area contributed by atoms with Crippen LogP contribution < -0.4 is 14.8 Å². The van der Waals surface area contributed by atoms with Crippen LogP contribution in [0.15, 0.2) is 48.5 Å². The van der Waals surface area contributed by atoms with E-state index in [0.717, 1.165) is 0 Å². The molecule has 2 aromatic rings. The van der Waals surface area contributed by atoms with Crippen molar-refractivity contribution in [3.05, 3.63) is 54.1 Å². The van der Waals surface area contributed by atoms with Crippen molar-refractivity contribution in [3.63, 3.8) is 0 Å². The first-order chi connectivity index (χ1) is 14.3. The van der Waals surface area contributed by atoms with Gasteiger partial charge in [-0.15, -0.1) is 0 Å². The van der Waals surface area contributed by atoms with Gasteiger partial charge in [-0.1, -0.05) is 32.0 Å². The van der Waals surface area contributed by atoms with E-state index in [2.05, 4.69) is 5.32 Å². The fourth-order valence-electron chi connectivity index (χ4n) is 2.66. The Morgan fingerprint density at radius 2 is 1.63 bits per heavy atom. The van der Waals surface area contributed by atoms with Gasteiger partial charge in [0.25, 0.3) is 5.91 Å². The number of Topliss-reactive ketones (excluding diaryl/α,β-unsaturated/α-hetero) is 1. The summed E-state index contributed by atoms with van der Waals surface area (Å²) >= 11 is 0. The maximum Gasteiger partial charge on any atom is 0.326 e. The Morgan fingerprint density at radius 1 is 0.967 bits per heavy atom. The second kappa shape index (κ2) is 10.8. The molecule has 0 radical (unpaired) electrons. The van der Waals surface area contributed by atoms with Crippen LogP contribution in [0.1, 0.15) is 30.6 Å². The Kier molecular flexibility index (Phi) is 8.22. The van der Waals surface area contributed by atoms with E-state index in [1.54, 1.807) is 24.3 Å². The number of carbonyl (C=O) groups is 3. The van der Waals surface area contributed by atoms with E-state index >= 15 is 0 Å². The van der Waals surface area contributed by atoms with Crippen molar-refractivity contribution in [2.24, 2.45) is 5.92 Å². The summed E-state index contributed by atoms with van der Waals surface area (Å²) in [6.07, 6.45) is 0.295. The van der Waals surface area contributed by atoms with E-state index in [0.29, 0.717) is 12.2 Å². The van der Waals surface area contributed by atoms with Gasteiger partial charge in [0.2, 0.25) is 5.78 Å². The smallest absolute Gasteiger partial charge is 0.326 e. The zero-order valence-corrected chi connectivity index (χ0v) is 16.8. The molecule has 0 spiro atoms. The first-order valence-corrected chi connectivity index (χ1v) is 9.45. The third-order valence-corrected chi connectivity index (χ3v) is 4.09. The van der Waals surface area contributed by atoms with Gasteiger partial charge in [-0.25, -0.2) is 4.79 Å². The molecule has 0 aliphatic heterocycles. The van der Waals surface area contributed by atoms with Crippen molar-refractivity contribution in [3.8, 4) is 17.2 Å². The highest BCUT2D eigenvalue weighted by molar-refractivity contribution is 5.99. The van der Waals surface area contributed by atoms with Crippen molar-refractivity contribution in [2.45, 2.75) is 26.3 Å². The first kappa shape index (κ1) is 22.7. The topological polar surface area (TPSA) is 122 Å². The fourth-order valence-corrected chi connectivity index (χ4v) is 2.66. The van der Waals surface area contributed by atoms with Crippen LogP contribution in [-0.2, 0) is 9.59 Å². The van der Waals surface area contributed by atoms with Crippen LogP contribution in [0.5, 0.6) is 17.2 Å². The summed E-state index contributed by atoms with van der Waals surface area (Å²) in [5.41, 5.74) is 0.0607. The first-order valence-electron chi connectivity index (χ1n) is 9.45. The van der Waals surface area contributed by atoms with E-state index in [1.807, 2.05) is 19.9 Å². The van der Waals surface area contributed by atoms with Gasteiger partial charge in [0.1, 0.15) is 23.3 Å². The molecule has 0 saturated heterocycles. The van der Waals surface area contributed by atoms with Crippen molar-refractivity contribution >= 4 is 17.7 Å². The zero-order valence-electron chi connectivity index (χ0n) is 16.8. The molecule has 0 aromatic heterocycles. The number of nitrogens with one attached hydrogen (secondary N) is 1. The number of carbonyl (C=O) groups excluding carboxylic acids is 2. The number of hydrogen-bond donors (Lipinski definition) is 3. The minimum atomic E-state index is -1.12. The molecule has 2 aromatic carbocycles. The van der Waals surface area contributed by atoms with E-state index in [9.17, 15) is 19.5 Å². The zero-order chi connectivity index (χ0) is 22.1. The highest BCUT2D eigenvalue weighted by Crippen LogP contribution is 2.24. The van der Waals surface area contributed by atoms with Gasteiger partial charge >= 0.3 is 5.97 Å². The lowest BCUT2D eigenvalue weighted by Crippen LogP contribution is -2.43. The minimum Gasteiger partial charge on any atom is -0.507 e. The third-order valence-electron chi connectivity index (χ3n) is 4.09. The lowest BCUT2D eigenvalue weighted by atomic mass is 10.0. The number of aromatic hydroxyl groups is 1. The molecule has 0 aliphatic rings. The second-order valence-corrected chi connectivity index (χ2v) is 7.08. The third kappa shape index (κ3) is 7.12. The Hall–Kier alpha value is -3.55. The summed E-state index contributed by atoms with van der Waals surface area (Å²) < 4.78 is 10.7. The molecule has 0 aliphatic carbocycles. The molecular weight excluding hydrogens is 390 g/mol. The SMILES string of the molecule is CC(C)CC(NC(=O)COc1ccc(C(=O)COc2ccccc2)c(O)c1)C(=O)O. The number of aliphatic carboxylic acids is 1. The average molecular weight is 415 g/mol. The van der Waals surface area contributed by atoms with Crippen LogP contribution in [0.4, 0.5) is 0 Å². The van der Waals surface area contributed by atoms with Crippen LogP contribution in [0.25, 0.3) is 0 Å². The summed E-state index contributed by atoms with van der Waals surface area (Å²) in [4.78, 5) is 35.4. The summed E-state index contributed by atoms with van der Waals surface area (Å²) in [6.45, 7) is 3.04. The van der Waals surface area contributed by atoms with E-state index in [-0.39, 0.29) is 29.6 Å². The number of carboxylic acids is 1. The maximum atomic E-state index is 12.2. The lowest BCUT2D eigenvalue weighted by molar-refractivity contribution is -0.142. The summed E-state index contributed by atoms with van der Waals surface area (Å²) in [7, 11) is 0. The van der Waals surface area contributed by atoms with Crippen LogP contribution >= 0.6 is 0 Å². The predicted octanol–water partition coefficient (Wildman–Crippen LogP) is 2.65. The molecule has 2 rings (SSSR count). The second-order valence-electron chi connectivity index (χ2n) is 7.08. The van der Waals surface area contributed by atoms with Gasteiger partial charge in [-0.3, -0.25) is 9.59 Å². The molecule has 3 N–H and O–H groups in total. The molecular formula is C22H25NO7. The number of phenols is 1. The Bertz CT molecular complexity index is 880. The van der Waals surface area contributed by atoms with Crippen molar-refractivity contribution in [1.29, 1.82) is 0 Å². The summed E-state index contributed by atoms with van der Waals surface area (Å²) in [5.74, 6) is -1.64. The molecule has 1 amide bonds. The molecule has 160 valence electrons. The van der Waals surface area contributed by atoms with Crippen LogP contribution in [0, 0.1) is 5.92 Å². The average Bonchev–Trinajstić information content (AvgIpc) is 2.70. The number of ether oxygens (including phenoxy) is 2. The van der Waals surface area contributed by atoms with Gasteiger partial charge in [-0.2, -0.15) is 0 Å². The highest BCUT2D eigenvalue weighted by Gasteiger charge is 2.21. The predicted molar refractivity (Wildman–Crippen MR) is 109 cm³/mol. The molecule has 1 unspecified atom stereocenters. The molecule has 1 atom stereocenters. The molecule has 0 bridgehead atoms. The Balaban J connectivity index is 1.89.